The van der Waals surface area contributed by atoms with Gasteiger partial charge in [-0.15, -0.1) is 0 Å². The van der Waals surface area contributed by atoms with Crippen LogP contribution in [-0.4, -0.2) is 41.2 Å². The van der Waals surface area contributed by atoms with E-state index in [1.54, 1.807) is 0 Å². The molecule has 0 spiro atoms. The van der Waals surface area contributed by atoms with Gasteiger partial charge in [-0.3, -0.25) is 19.2 Å². The molecule has 1 radical (unpaired) electrons. The molecule has 2 fully saturated rings. The van der Waals surface area contributed by atoms with E-state index in [0.29, 0.717) is 38.6 Å². The molecule has 189 valence electrons. The van der Waals surface area contributed by atoms with Crippen LogP contribution in [0.25, 0.3) is 0 Å². The fourth-order valence-electron chi connectivity index (χ4n) is 4.90. The van der Waals surface area contributed by atoms with Gasteiger partial charge in [-0.2, -0.15) is 6.42 Å². The largest absolute Gasteiger partial charge is 0.369 e. The van der Waals surface area contributed by atoms with Crippen LogP contribution in [0.3, 0.4) is 0 Å². The van der Waals surface area contributed by atoms with Gasteiger partial charge in [-0.1, -0.05) is 39.5 Å². The first kappa shape index (κ1) is 31.0. The van der Waals surface area contributed by atoms with Crippen molar-refractivity contribution in [3.63, 3.8) is 0 Å². The van der Waals surface area contributed by atoms with Crippen molar-refractivity contribution in [2.75, 3.05) is 6.54 Å². The summed E-state index contributed by atoms with van der Waals surface area (Å²) in [5.41, 5.74) is -0.982. The molecule has 1 aliphatic heterocycles. The molecule has 34 heavy (non-hydrogen) atoms. The van der Waals surface area contributed by atoms with Crippen LogP contribution in [0.15, 0.2) is 0 Å². The average molecular weight is 550 g/mol. The molecule has 2 N–H and O–H groups in total. The Hall–Kier alpha value is -1.08. The number of unbranched alkanes of at least 4 members (excludes halogenated alkanes) is 1. The minimum Gasteiger partial charge on any atom is -0.369 e. The Morgan fingerprint density at radius 3 is 2.41 bits per heavy atom. The summed E-state index contributed by atoms with van der Waals surface area (Å²) in [6.45, 7) is 7.99. The number of Topliss-reactive ketones (excluding diaryl/α,β-unsaturated/α-hetero) is 3. The number of carbonyl (C=O) groups excluding carboxylic acids is 5. The molecule has 0 bridgehead atoms. The van der Waals surface area contributed by atoms with Crippen LogP contribution < -0.4 is 10.6 Å². The van der Waals surface area contributed by atoms with Crippen molar-refractivity contribution in [1.82, 2.24) is 10.6 Å². The second kappa shape index (κ2) is 15.1. The van der Waals surface area contributed by atoms with Crippen LogP contribution in [0, 0.1) is 31.1 Å². The zero-order valence-corrected chi connectivity index (χ0v) is 23.7. The van der Waals surface area contributed by atoms with Crippen molar-refractivity contribution < 1.29 is 56.7 Å². The first-order chi connectivity index (χ1) is 15.7. The summed E-state index contributed by atoms with van der Waals surface area (Å²) in [5.74, 6) is -3.22. The third-order valence-electron chi connectivity index (χ3n) is 7.04. The SMILES string of the molecule is [CH2-]CC[CH-]C(=O)NC1(C(=O)C[C@H](C(=O)C(=O)C[C@H]2CCCCNC2=O)C(C)C)CCCCC1.[Y]. The maximum Gasteiger partial charge on any atom is 0.223 e. The predicted octanol–water partition coefficient (Wildman–Crippen LogP) is 3.30. The van der Waals surface area contributed by atoms with Crippen molar-refractivity contribution in [3.05, 3.63) is 13.3 Å². The van der Waals surface area contributed by atoms with Gasteiger partial charge in [0.2, 0.25) is 11.7 Å². The molecule has 2 amide bonds. The first-order valence-corrected chi connectivity index (χ1v) is 12.5. The number of rotatable bonds is 12. The van der Waals surface area contributed by atoms with Crippen LogP contribution >= 0.6 is 0 Å². The van der Waals surface area contributed by atoms with E-state index in [1.807, 2.05) is 13.8 Å². The minimum atomic E-state index is -0.982. The zero-order chi connectivity index (χ0) is 24.4. The van der Waals surface area contributed by atoms with Gasteiger partial charge in [-0.05, 0) is 31.6 Å². The van der Waals surface area contributed by atoms with Crippen molar-refractivity contribution in [1.29, 1.82) is 0 Å². The molecule has 1 saturated carbocycles. The molecular formula is C26H40N2O5Y-2. The molecule has 1 heterocycles. The van der Waals surface area contributed by atoms with Gasteiger partial charge >= 0.3 is 0 Å². The normalized spacial score (nSPS) is 20.8. The Labute approximate surface area is 229 Å². The van der Waals surface area contributed by atoms with Crippen molar-refractivity contribution >= 4 is 29.2 Å². The van der Waals surface area contributed by atoms with Gasteiger partial charge in [0.25, 0.3) is 0 Å². The van der Waals surface area contributed by atoms with E-state index >= 15 is 0 Å². The summed E-state index contributed by atoms with van der Waals surface area (Å²) in [6.07, 6.45) is 8.52. The Bertz CT molecular complexity index is 731. The molecule has 1 aliphatic carbocycles. The van der Waals surface area contributed by atoms with Gasteiger partial charge in [0.15, 0.2) is 11.6 Å². The van der Waals surface area contributed by atoms with Crippen LogP contribution in [0.2, 0.25) is 0 Å². The molecule has 0 unspecified atom stereocenters. The molecule has 0 aromatic carbocycles. The molecule has 0 aromatic heterocycles. The molecule has 1 saturated heterocycles. The topological polar surface area (TPSA) is 109 Å². The van der Waals surface area contributed by atoms with Crippen LogP contribution in [0.5, 0.6) is 0 Å². The quantitative estimate of drug-likeness (QED) is 0.287. The maximum absolute atomic E-state index is 13.5. The van der Waals surface area contributed by atoms with Crippen LogP contribution in [0.1, 0.15) is 90.9 Å². The van der Waals surface area contributed by atoms with Gasteiger partial charge in [-0.25, -0.2) is 6.42 Å². The summed E-state index contributed by atoms with van der Waals surface area (Å²) in [7, 11) is 0. The molecular weight excluding hydrogens is 509 g/mol. The Morgan fingerprint density at radius 1 is 1.12 bits per heavy atom. The Morgan fingerprint density at radius 2 is 1.79 bits per heavy atom. The van der Waals surface area contributed by atoms with Crippen molar-refractivity contribution in [3.8, 4) is 0 Å². The second-order valence-corrected chi connectivity index (χ2v) is 9.93. The third-order valence-corrected chi connectivity index (χ3v) is 7.04. The average Bonchev–Trinajstić information content (AvgIpc) is 2.99. The Kier molecular flexibility index (Phi) is 13.8. The summed E-state index contributed by atoms with van der Waals surface area (Å²) in [5, 5.41) is 5.74. The van der Waals surface area contributed by atoms with Gasteiger partial charge in [0.1, 0.15) is 0 Å². The standard InChI is InChI=1S/C26H40N2O5.Y/c1-4-5-12-23(31)28-26(13-8-6-9-14-26)22(30)17-20(18(2)3)24(32)21(29)16-19-11-7-10-15-27-25(19)33;/h12,18-20H,1,4-11,13-17H2,2-3H3,(H,27,33)(H,28,31);/q-2;/t19-,20+;/m1./s1. The predicted molar refractivity (Wildman–Crippen MR) is 126 cm³/mol. The maximum atomic E-state index is 13.5. The van der Waals surface area contributed by atoms with Crippen molar-refractivity contribution in [2.45, 2.75) is 96.4 Å². The number of carbonyl (C=O) groups is 5. The summed E-state index contributed by atoms with van der Waals surface area (Å²) >= 11 is 0. The third kappa shape index (κ3) is 8.85. The number of hydrogen-bond acceptors (Lipinski definition) is 5. The van der Waals surface area contributed by atoms with Crippen LogP contribution in [0.4, 0.5) is 0 Å². The minimum absolute atomic E-state index is 0. The monoisotopic (exact) mass is 549 g/mol. The van der Waals surface area contributed by atoms with Crippen molar-refractivity contribution in [2.24, 2.45) is 17.8 Å². The van der Waals surface area contributed by atoms with Gasteiger partial charge < -0.3 is 28.8 Å². The van der Waals surface area contributed by atoms with E-state index in [-0.39, 0.29) is 69.1 Å². The molecule has 0 aromatic rings. The fraction of sp³-hybridized carbons (Fsp3) is 0.731. The number of hydrogen-bond donors (Lipinski definition) is 2. The summed E-state index contributed by atoms with van der Waals surface area (Å²) in [6, 6.07) is 0. The van der Waals surface area contributed by atoms with Gasteiger partial charge in [0.05, 0.1) is 11.4 Å². The molecule has 7 nitrogen and oxygen atoms in total. The fourth-order valence-corrected chi connectivity index (χ4v) is 4.90. The molecule has 2 rings (SSSR count). The summed E-state index contributed by atoms with van der Waals surface area (Å²) in [4.78, 5) is 64.0. The van der Waals surface area contributed by atoms with E-state index < -0.39 is 28.9 Å². The summed E-state index contributed by atoms with van der Waals surface area (Å²) < 4.78 is 0. The number of ketones is 3. The van der Waals surface area contributed by atoms with E-state index in [0.717, 1.165) is 32.1 Å². The smallest absolute Gasteiger partial charge is 0.223 e. The van der Waals surface area contributed by atoms with Gasteiger partial charge in [0, 0.05) is 63.9 Å². The van der Waals surface area contributed by atoms with E-state index in [1.165, 1.54) is 6.42 Å². The number of nitrogens with one attached hydrogen (secondary N) is 2. The second-order valence-electron chi connectivity index (χ2n) is 9.93. The van der Waals surface area contributed by atoms with E-state index in [4.69, 9.17) is 0 Å². The zero-order valence-electron chi connectivity index (χ0n) is 20.8. The number of amides is 2. The molecule has 8 heteroatoms. The van der Waals surface area contributed by atoms with Crippen LogP contribution in [-0.2, 0) is 56.7 Å². The first-order valence-electron chi connectivity index (χ1n) is 12.5. The molecule has 2 atom stereocenters. The molecule has 2 aliphatic rings. The Balaban J connectivity index is 0.00000578. The van der Waals surface area contributed by atoms with E-state index in [2.05, 4.69) is 17.6 Å². The van der Waals surface area contributed by atoms with E-state index in [9.17, 15) is 24.0 Å².